The predicted octanol–water partition coefficient (Wildman–Crippen LogP) is 2.18. The lowest BCUT2D eigenvalue weighted by molar-refractivity contribution is 0.217. The van der Waals surface area contributed by atoms with Gasteiger partial charge in [-0.1, -0.05) is 0 Å². The molecule has 11 nitrogen and oxygen atoms in total. The van der Waals surface area contributed by atoms with Gasteiger partial charge in [0.15, 0.2) is 0 Å². The monoisotopic (exact) mass is 440 g/mol. The van der Waals surface area contributed by atoms with Crippen LogP contribution in [-0.2, 0) is 0 Å². The standard InChI is InChI=1S/C19H20N8O3S/c1-30-16-23-17(31-25-16)24-18(28)26-7-9-4-11(5-10(9)8-26)27-14-12-2-3-20-15(12)21-6-13(14)22-19(27)29/h2-3,6,9-11H,4-5,7-8H2,1H3,(H,20,21)(H,22,29)(H,23,24,25,28)/t9-,10+,11?. The van der Waals surface area contributed by atoms with Gasteiger partial charge in [0.2, 0.25) is 5.13 Å². The quantitative estimate of drug-likeness (QED) is 0.447. The third-order valence-corrected chi connectivity index (χ3v) is 7.06. The highest BCUT2D eigenvalue weighted by molar-refractivity contribution is 7.10. The van der Waals surface area contributed by atoms with E-state index in [0.717, 1.165) is 46.4 Å². The lowest BCUT2D eigenvalue weighted by Gasteiger charge is -2.20. The normalized spacial score (nSPS) is 23.0. The van der Waals surface area contributed by atoms with Gasteiger partial charge in [-0.2, -0.15) is 4.98 Å². The molecule has 1 aliphatic carbocycles. The largest absolute Gasteiger partial charge is 0.466 e. The molecule has 0 bridgehead atoms. The summed E-state index contributed by atoms with van der Waals surface area (Å²) >= 11 is 1.09. The van der Waals surface area contributed by atoms with Gasteiger partial charge in [0.1, 0.15) is 5.65 Å². The molecule has 2 amide bonds. The zero-order chi connectivity index (χ0) is 21.1. The number of nitrogens with zero attached hydrogens (tertiary/aromatic N) is 5. The number of nitrogens with one attached hydrogen (secondary N) is 3. The van der Waals surface area contributed by atoms with Crippen LogP contribution < -0.4 is 15.7 Å². The van der Waals surface area contributed by atoms with Crippen molar-refractivity contribution in [2.24, 2.45) is 11.8 Å². The number of carbonyl (C=O) groups excluding carboxylic acids is 1. The first-order valence-corrected chi connectivity index (χ1v) is 10.9. The number of imidazole rings is 1. The molecular weight excluding hydrogens is 420 g/mol. The fourth-order valence-electron chi connectivity index (χ4n) is 5.13. The number of methoxy groups -OCH3 is 1. The van der Waals surface area contributed by atoms with Crippen LogP contribution in [0, 0.1) is 11.8 Å². The zero-order valence-electron chi connectivity index (χ0n) is 16.7. The Morgan fingerprint density at radius 1 is 1.32 bits per heavy atom. The molecule has 5 heterocycles. The first-order chi connectivity index (χ1) is 15.1. The van der Waals surface area contributed by atoms with E-state index < -0.39 is 0 Å². The maximum absolute atomic E-state index is 12.8. The predicted molar refractivity (Wildman–Crippen MR) is 115 cm³/mol. The number of hydrogen-bond acceptors (Lipinski definition) is 7. The Morgan fingerprint density at radius 3 is 2.87 bits per heavy atom. The van der Waals surface area contributed by atoms with Crippen LogP contribution in [0.15, 0.2) is 23.3 Å². The molecule has 1 unspecified atom stereocenters. The average molecular weight is 440 g/mol. The van der Waals surface area contributed by atoms with E-state index in [1.54, 1.807) is 6.20 Å². The molecule has 160 valence electrons. The van der Waals surface area contributed by atoms with Crippen LogP contribution >= 0.6 is 11.5 Å². The van der Waals surface area contributed by atoms with Gasteiger partial charge in [-0.15, -0.1) is 4.37 Å². The molecule has 3 atom stereocenters. The fourth-order valence-corrected chi connectivity index (χ4v) is 5.66. The van der Waals surface area contributed by atoms with Gasteiger partial charge in [-0.25, -0.2) is 14.6 Å². The Kier molecular flexibility index (Phi) is 4.03. The van der Waals surface area contributed by atoms with Gasteiger partial charge in [0.25, 0.3) is 0 Å². The van der Waals surface area contributed by atoms with Crippen molar-refractivity contribution in [2.45, 2.75) is 18.9 Å². The smallest absolute Gasteiger partial charge is 0.329 e. The summed E-state index contributed by atoms with van der Waals surface area (Å²) in [4.78, 5) is 41.8. The van der Waals surface area contributed by atoms with E-state index in [1.165, 1.54) is 7.11 Å². The molecule has 1 saturated carbocycles. The molecule has 1 saturated heterocycles. The Bertz CT molecular complexity index is 1340. The summed E-state index contributed by atoms with van der Waals surface area (Å²) in [6, 6.07) is 2.14. The lowest BCUT2D eigenvalue weighted by Crippen LogP contribution is -2.34. The zero-order valence-corrected chi connectivity index (χ0v) is 17.5. The molecule has 4 aromatic rings. The molecule has 0 spiro atoms. The summed E-state index contributed by atoms with van der Waals surface area (Å²) in [6.45, 7) is 1.34. The Balaban J connectivity index is 1.20. The summed E-state index contributed by atoms with van der Waals surface area (Å²) in [5.74, 6) is 0.722. The SMILES string of the molecule is COc1nsc(NC(=O)N2C[C@H]3CC(n4c(=O)[nH]c5cnc6[nH]ccc6c54)C[C@H]3C2)n1. The number of urea groups is 1. The summed E-state index contributed by atoms with van der Waals surface area (Å²) in [5, 5.41) is 4.17. The molecule has 12 heteroatoms. The minimum absolute atomic E-state index is 0.102. The summed E-state index contributed by atoms with van der Waals surface area (Å²) in [7, 11) is 1.49. The van der Waals surface area contributed by atoms with Crippen molar-refractivity contribution < 1.29 is 9.53 Å². The van der Waals surface area contributed by atoms with Gasteiger partial charge in [-0.3, -0.25) is 9.88 Å². The van der Waals surface area contributed by atoms with Crippen LogP contribution in [0.1, 0.15) is 18.9 Å². The minimum Gasteiger partial charge on any atom is -0.466 e. The van der Waals surface area contributed by atoms with Crippen molar-refractivity contribution >= 4 is 44.8 Å². The van der Waals surface area contributed by atoms with Crippen molar-refractivity contribution in [2.75, 3.05) is 25.5 Å². The van der Waals surface area contributed by atoms with Crippen LogP contribution in [0.3, 0.4) is 0 Å². The third kappa shape index (κ3) is 2.89. The van der Waals surface area contributed by atoms with Crippen LogP contribution in [0.5, 0.6) is 6.01 Å². The third-order valence-electron chi connectivity index (χ3n) is 6.44. The van der Waals surface area contributed by atoms with E-state index in [-0.39, 0.29) is 23.8 Å². The molecule has 3 N–H and O–H groups in total. The second-order valence-electron chi connectivity index (χ2n) is 8.13. The first kappa shape index (κ1) is 18.4. The maximum Gasteiger partial charge on any atom is 0.329 e. The van der Waals surface area contributed by atoms with E-state index in [9.17, 15) is 9.59 Å². The Morgan fingerprint density at radius 2 is 2.13 bits per heavy atom. The molecule has 4 aromatic heterocycles. The van der Waals surface area contributed by atoms with Crippen LogP contribution in [0.25, 0.3) is 22.1 Å². The van der Waals surface area contributed by atoms with Gasteiger partial charge in [0, 0.05) is 42.2 Å². The van der Waals surface area contributed by atoms with Gasteiger partial charge in [0.05, 0.1) is 24.3 Å². The number of anilines is 1. The molecule has 2 fully saturated rings. The summed E-state index contributed by atoms with van der Waals surface area (Å²) in [6.07, 6.45) is 5.27. The number of H-pyrrole nitrogens is 2. The Hall–Kier alpha value is -3.41. The molecule has 0 aromatic carbocycles. The van der Waals surface area contributed by atoms with E-state index in [4.69, 9.17) is 4.74 Å². The second-order valence-corrected chi connectivity index (χ2v) is 8.88. The van der Waals surface area contributed by atoms with E-state index in [1.807, 2.05) is 21.7 Å². The summed E-state index contributed by atoms with van der Waals surface area (Å²) in [5.41, 5.74) is 2.33. The first-order valence-electron chi connectivity index (χ1n) is 10.1. The minimum atomic E-state index is -0.172. The van der Waals surface area contributed by atoms with E-state index >= 15 is 0 Å². The highest BCUT2D eigenvalue weighted by Gasteiger charge is 2.44. The number of pyridine rings is 1. The number of aromatic amines is 2. The van der Waals surface area contributed by atoms with Gasteiger partial charge >= 0.3 is 17.7 Å². The van der Waals surface area contributed by atoms with Gasteiger partial charge in [-0.05, 0) is 30.7 Å². The molecule has 2 aliphatic rings. The van der Waals surface area contributed by atoms with Crippen molar-refractivity contribution in [3.63, 3.8) is 0 Å². The lowest BCUT2D eigenvalue weighted by atomic mass is 10.0. The maximum atomic E-state index is 12.8. The van der Waals surface area contributed by atoms with Crippen LogP contribution in [-0.4, -0.2) is 60.0 Å². The fraction of sp³-hybridized carbons (Fsp3) is 0.421. The van der Waals surface area contributed by atoms with E-state index in [2.05, 4.69) is 29.6 Å². The topological polar surface area (TPSA) is 134 Å². The second kappa shape index (κ2) is 6.80. The van der Waals surface area contributed by atoms with Crippen molar-refractivity contribution in [3.05, 3.63) is 28.9 Å². The number of fused-ring (bicyclic) bond motifs is 4. The average Bonchev–Trinajstić information content (AvgIpc) is 3.53. The number of rotatable bonds is 3. The highest BCUT2D eigenvalue weighted by Crippen LogP contribution is 2.44. The molecular formula is C19H20N8O3S. The van der Waals surface area contributed by atoms with Crippen molar-refractivity contribution in [3.8, 4) is 6.01 Å². The van der Waals surface area contributed by atoms with E-state index in [0.29, 0.717) is 30.1 Å². The summed E-state index contributed by atoms with van der Waals surface area (Å²) < 4.78 is 10.8. The molecule has 31 heavy (non-hydrogen) atoms. The number of likely N-dealkylation sites (tertiary alicyclic amines) is 1. The molecule has 0 radical (unpaired) electrons. The highest BCUT2D eigenvalue weighted by atomic mass is 32.1. The van der Waals surface area contributed by atoms with Gasteiger partial charge < -0.3 is 19.6 Å². The Labute approximate surface area is 179 Å². The molecule has 6 rings (SSSR count). The van der Waals surface area contributed by atoms with Crippen molar-refractivity contribution in [1.82, 2.24) is 33.8 Å². The number of amides is 2. The number of hydrogen-bond donors (Lipinski definition) is 3. The van der Waals surface area contributed by atoms with Crippen molar-refractivity contribution in [1.29, 1.82) is 0 Å². The number of aromatic nitrogens is 6. The molecule has 1 aliphatic heterocycles. The number of ether oxygens (including phenoxy) is 1. The van der Waals surface area contributed by atoms with Crippen LogP contribution in [0.4, 0.5) is 9.93 Å². The van der Waals surface area contributed by atoms with Crippen LogP contribution in [0.2, 0.25) is 0 Å². The number of carbonyl (C=O) groups is 1.